The van der Waals surface area contributed by atoms with E-state index in [1.807, 2.05) is 0 Å². The Morgan fingerprint density at radius 2 is 2.16 bits per heavy atom. The lowest BCUT2D eigenvalue weighted by Gasteiger charge is -2.10. The van der Waals surface area contributed by atoms with Gasteiger partial charge in [-0.15, -0.1) is 0 Å². The summed E-state index contributed by atoms with van der Waals surface area (Å²) in [7, 11) is 0. The average molecular weight is 288 g/mol. The number of nitro groups is 1. The minimum atomic E-state index is -1.30. The fraction of sp³-hybridized carbons (Fsp3) is 0.200. The number of benzene rings is 1. The second kappa shape index (κ2) is 6.12. The van der Waals surface area contributed by atoms with Crippen LogP contribution in [0.1, 0.15) is 6.42 Å². The lowest BCUT2D eigenvalue weighted by atomic mass is 10.2. The van der Waals surface area contributed by atoms with E-state index in [1.54, 1.807) is 0 Å². The van der Waals surface area contributed by atoms with Crippen LogP contribution in [0.15, 0.2) is 18.2 Å². The minimum absolute atomic E-state index is 0.0970. The highest BCUT2D eigenvalue weighted by molar-refractivity contribution is 6.31. The normalized spacial score (nSPS) is 11.7. The van der Waals surface area contributed by atoms with Crippen LogP contribution < -0.4 is 11.1 Å². The molecule has 1 amide bonds. The number of carbonyl (C=O) groups is 2. The van der Waals surface area contributed by atoms with E-state index >= 15 is 0 Å². The van der Waals surface area contributed by atoms with E-state index < -0.39 is 34.9 Å². The Balaban J connectivity index is 2.90. The molecule has 0 aliphatic carbocycles. The highest BCUT2D eigenvalue weighted by Crippen LogP contribution is 2.27. The van der Waals surface area contributed by atoms with Gasteiger partial charge in [-0.25, -0.2) is 0 Å². The largest absolute Gasteiger partial charge is 0.481 e. The molecule has 1 unspecified atom stereocenters. The van der Waals surface area contributed by atoms with Crippen molar-refractivity contribution in [3.63, 3.8) is 0 Å². The lowest BCUT2D eigenvalue weighted by molar-refractivity contribution is -0.383. The third-order valence-corrected chi connectivity index (χ3v) is 2.38. The summed E-state index contributed by atoms with van der Waals surface area (Å²) in [5.41, 5.74) is 4.84. The topological polar surface area (TPSA) is 136 Å². The van der Waals surface area contributed by atoms with Crippen molar-refractivity contribution >= 4 is 34.9 Å². The highest BCUT2D eigenvalue weighted by atomic mass is 35.5. The molecule has 4 N–H and O–H groups in total. The number of anilines is 1. The van der Waals surface area contributed by atoms with Crippen molar-refractivity contribution in [2.24, 2.45) is 5.73 Å². The Bertz CT molecular complexity index is 534. The van der Waals surface area contributed by atoms with Crippen LogP contribution in [0.5, 0.6) is 0 Å². The summed E-state index contributed by atoms with van der Waals surface area (Å²) in [6.07, 6.45) is -0.576. The zero-order valence-electron chi connectivity index (χ0n) is 9.50. The number of hydrogen-bond donors (Lipinski definition) is 3. The fourth-order valence-corrected chi connectivity index (χ4v) is 1.43. The number of amides is 1. The second-order valence-corrected chi connectivity index (χ2v) is 4.05. The SMILES string of the molecule is NC(CC(=O)O)C(=O)Nc1ccc(Cl)cc1[N+](=O)[O-]. The zero-order chi connectivity index (χ0) is 14.6. The Morgan fingerprint density at radius 1 is 1.53 bits per heavy atom. The van der Waals surface area contributed by atoms with Crippen LogP contribution in [0.2, 0.25) is 5.02 Å². The number of rotatable bonds is 5. The number of nitrogens with zero attached hydrogens (tertiary/aromatic N) is 1. The molecule has 0 saturated heterocycles. The van der Waals surface area contributed by atoms with Crippen molar-refractivity contribution < 1.29 is 19.6 Å². The van der Waals surface area contributed by atoms with Crippen LogP contribution in [0, 0.1) is 10.1 Å². The molecule has 1 aromatic carbocycles. The first-order valence-corrected chi connectivity index (χ1v) is 5.41. The number of nitrogens with two attached hydrogens (primary N) is 1. The maximum Gasteiger partial charge on any atom is 0.305 e. The van der Waals surface area contributed by atoms with Crippen molar-refractivity contribution in [1.82, 2.24) is 0 Å². The molecule has 0 bridgehead atoms. The molecule has 19 heavy (non-hydrogen) atoms. The molecule has 0 saturated carbocycles. The molecule has 102 valence electrons. The van der Waals surface area contributed by atoms with E-state index in [9.17, 15) is 19.7 Å². The van der Waals surface area contributed by atoms with Gasteiger partial charge in [0.05, 0.1) is 17.4 Å². The Morgan fingerprint density at radius 3 is 2.68 bits per heavy atom. The van der Waals surface area contributed by atoms with Gasteiger partial charge in [0.2, 0.25) is 5.91 Å². The summed E-state index contributed by atoms with van der Waals surface area (Å²) in [5, 5.41) is 21.6. The van der Waals surface area contributed by atoms with Gasteiger partial charge in [0.15, 0.2) is 0 Å². The number of carbonyl (C=O) groups excluding carboxylic acids is 1. The number of carboxylic acids is 1. The Kier molecular flexibility index (Phi) is 4.79. The van der Waals surface area contributed by atoms with Gasteiger partial charge in [-0.05, 0) is 12.1 Å². The molecule has 1 atom stereocenters. The van der Waals surface area contributed by atoms with Gasteiger partial charge in [-0.2, -0.15) is 0 Å². The first kappa shape index (κ1) is 14.9. The number of nitro benzene ring substituents is 1. The van der Waals surface area contributed by atoms with Gasteiger partial charge in [0.25, 0.3) is 5.69 Å². The molecule has 1 aromatic rings. The second-order valence-electron chi connectivity index (χ2n) is 3.61. The molecule has 0 fully saturated rings. The van der Waals surface area contributed by atoms with Crippen LogP contribution in [0.3, 0.4) is 0 Å². The van der Waals surface area contributed by atoms with E-state index in [4.69, 9.17) is 22.4 Å². The van der Waals surface area contributed by atoms with Gasteiger partial charge in [-0.3, -0.25) is 19.7 Å². The minimum Gasteiger partial charge on any atom is -0.481 e. The van der Waals surface area contributed by atoms with E-state index in [1.165, 1.54) is 12.1 Å². The quantitative estimate of drug-likeness (QED) is 0.546. The first-order valence-electron chi connectivity index (χ1n) is 5.03. The predicted octanol–water partition coefficient (Wildman–Crippen LogP) is 0.989. The molecule has 0 spiro atoms. The van der Waals surface area contributed by atoms with Gasteiger partial charge < -0.3 is 16.2 Å². The molecule has 0 aliphatic heterocycles. The Hall–Kier alpha value is -2.19. The number of carboxylic acid groups (broad SMARTS) is 1. The lowest BCUT2D eigenvalue weighted by Crippen LogP contribution is -2.37. The molecule has 0 heterocycles. The van der Waals surface area contributed by atoms with Crippen molar-refractivity contribution in [3.8, 4) is 0 Å². The summed E-state index contributed by atoms with van der Waals surface area (Å²) in [6, 6.07) is 2.37. The summed E-state index contributed by atoms with van der Waals surface area (Å²) in [4.78, 5) is 32.0. The monoisotopic (exact) mass is 287 g/mol. The summed E-state index contributed by atoms with van der Waals surface area (Å²) in [6.45, 7) is 0. The van der Waals surface area contributed by atoms with Crippen molar-refractivity contribution in [1.29, 1.82) is 0 Å². The molecular weight excluding hydrogens is 278 g/mol. The number of halogens is 1. The molecule has 0 aliphatic rings. The molecule has 0 aromatic heterocycles. The average Bonchev–Trinajstić information content (AvgIpc) is 2.30. The molecule has 1 rings (SSSR count). The molecular formula is C10H10ClN3O5. The van der Waals surface area contributed by atoms with E-state index in [0.717, 1.165) is 6.07 Å². The smallest absolute Gasteiger partial charge is 0.305 e. The van der Waals surface area contributed by atoms with Crippen LogP contribution in [0.4, 0.5) is 11.4 Å². The van der Waals surface area contributed by atoms with Gasteiger partial charge >= 0.3 is 5.97 Å². The first-order chi connectivity index (χ1) is 8.81. The van der Waals surface area contributed by atoms with Gasteiger partial charge in [0, 0.05) is 11.1 Å². The van der Waals surface area contributed by atoms with Crippen LogP contribution in [0.25, 0.3) is 0 Å². The third-order valence-electron chi connectivity index (χ3n) is 2.15. The maximum absolute atomic E-state index is 11.6. The van der Waals surface area contributed by atoms with E-state index in [-0.39, 0.29) is 10.7 Å². The Labute approximate surface area is 112 Å². The molecule has 9 heteroatoms. The number of hydrogen-bond acceptors (Lipinski definition) is 5. The zero-order valence-corrected chi connectivity index (χ0v) is 10.3. The van der Waals surface area contributed by atoms with Gasteiger partial charge in [0.1, 0.15) is 5.69 Å². The standard InChI is InChI=1S/C10H10ClN3O5/c11-5-1-2-7(8(3-5)14(18)19)13-10(17)6(12)4-9(15)16/h1-3,6H,4,12H2,(H,13,17)(H,15,16). The van der Waals surface area contributed by atoms with Crippen molar-refractivity contribution in [2.45, 2.75) is 12.5 Å². The predicted molar refractivity (Wildman–Crippen MR) is 67.0 cm³/mol. The van der Waals surface area contributed by atoms with Gasteiger partial charge in [-0.1, -0.05) is 11.6 Å². The number of aliphatic carboxylic acids is 1. The maximum atomic E-state index is 11.6. The third kappa shape index (κ3) is 4.19. The van der Waals surface area contributed by atoms with Crippen molar-refractivity contribution in [3.05, 3.63) is 33.3 Å². The van der Waals surface area contributed by atoms with Crippen LogP contribution >= 0.6 is 11.6 Å². The summed E-state index contributed by atoms with van der Waals surface area (Å²) < 4.78 is 0. The van der Waals surface area contributed by atoms with Crippen molar-refractivity contribution in [2.75, 3.05) is 5.32 Å². The van der Waals surface area contributed by atoms with E-state index in [2.05, 4.69) is 5.32 Å². The van der Waals surface area contributed by atoms with E-state index in [0.29, 0.717) is 0 Å². The van der Waals surface area contributed by atoms with Crippen LogP contribution in [-0.2, 0) is 9.59 Å². The summed E-state index contributed by atoms with van der Waals surface area (Å²) in [5.74, 6) is -2.07. The van der Waals surface area contributed by atoms with Crippen LogP contribution in [-0.4, -0.2) is 27.9 Å². The number of nitrogens with one attached hydrogen (secondary N) is 1. The molecule has 0 radical (unpaired) electrons. The summed E-state index contributed by atoms with van der Waals surface area (Å²) >= 11 is 5.61. The fourth-order valence-electron chi connectivity index (χ4n) is 1.27. The highest BCUT2D eigenvalue weighted by Gasteiger charge is 2.21. The molecule has 8 nitrogen and oxygen atoms in total.